The summed E-state index contributed by atoms with van der Waals surface area (Å²) in [7, 11) is -3.62. The molecule has 3 nitrogen and oxygen atoms in total. The number of rotatable bonds is 7. The molecular formula is C22H21NO2S. The van der Waals surface area contributed by atoms with Crippen LogP contribution in [0.1, 0.15) is 22.7 Å². The summed E-state index contributed by atoms with van der Waals surface area (Å²) in [4.78, 5) is 0.262. The standard InChI is InChI=1S/C22H21NO2S/c1-2-18-11-9-10-14-20(18)17-22(19-12-5-3-6-13-19)23-26(24,25)21-15-7-4-8-16-21/h2-16,22-23H,1,17H2/t22-/m1/s1. The third-order valence-corrected chi connectivity index (χ3v) is 5.74. The Morgan fingerprint density at radius 3 is 2.08 bits per heavy atom. The maximum absolute atomic E-state index is 12.8. The van der Waals surface area contributed by atoms with E-state index in [9.17, 15) is 8.42 Å². The van der Waals surface area contributed by atoms with Gasteiger partial charge in [-0.25, -0.2) is 13.1 Å². The zero-order valence-corrected chi connectivity index (χ0v) is 15.2. The van der Waals surface area contributed by atoms with Gasteiger partial charge in [0.15, 0.2) is 0 Å². The second-order valence-electron chi connectivity index (χ2n) is 6.00. The fraction of sp³-hybridized carbons (Fsp3) is 0.0909. The summed E-state index contributed by atoms with van der Waals surface area (Å²) in [5.41, 5.74) is 2.98. The van der Waals surface area contributed by atoms with E-state index < -0.39 is 10.0 Å². The molecule has 0 radical (unpaired) electrons. The van der Waals surface area contributed by atoms with E-state index in [1.807, 2.05) is 54.6 Å². The summed E-state index contributed by atoms with van der Waals surface area (Å²) in [6.45, 7) is 3.86. The highest BCUT2D eigenvalue weighted by molar-refractivity contribution is 7.89. The second-order valence-corrected chi connectivity index (χ2v) is 7.72. The first kappa shape index (κ1) is 18.1. The van der Waals surface area contributed by atoms with Crippen LogP contribution in [-0.4, -0.2) is 8.42 Å². The summed E-state index contributed by atoms with van der Waals surface area (Å²) < 4.78 is 28.5. The molecule has 0 aliphatic heterocycles. The first-order valence-corrected chi connectivity index (χ1v) is 9.91. The molecule has 0 bridgehead atoms. The second kappa shape index (κ2) is 8.13. The number of benzene rings is 3. The number of nitrogens with one attached hydrogen (secondary N) is 1. The Morgan fingerprint density at radius 1 is 0.846 bits per heavy atom. The fourth-order valence-electron chi connectivity index (χ4n) is 2.91. The van der Waals surface area contributed by atoms with Crippen molar-refractivity contribution < 1.29 is 8.42 Å². The van der Waals surface area contributed by atoms with Gasteiger partial charge < -0.3 is 0 Å². The summed E-state index contributed by atoms with van der Waals surface area (Å²) in [6, 6.07) is 25.6. The molecule has 26 heavy (non-hydrogen) atoms. The molecule has 0 aliphatic rings. The molecule has 0 saturated carbocycles. The highest BCUT2D eigenvalue weighted by Gasteiger charge is 2.22. The molecule has 3 aromatic rings. The van der Waals surface area contributed by atoms with Gasteiger partial charge in [0.2, 0.25) is 10.0 Å². The molecule has 3 aromatic carbocycles. The van der Waals surface area contributed by atoms with Crippen LogP contribution in [0.3, 0.4) is 0 Å². The molecule has 0 aromatic heterocycles. The topological polar surface area (TPSA) is 46.2 Å². The Labute approximate surface area is 155 Å². The van der Waals surface area contributed by atoms with Crippen molar-refractivity contribution in [3.05, 3.63) is 108 Å². The van der Waals surface area contributed by atoms with Gasteiger partial charge >= 0.3 is 0 Å². The van der Waals surface area contributed by atoms with E-state index in [1.165, 1.54) is 0 Å². The van der Waals surface area contributed by atoms with Crippen LogP contribution in [0, 0.1) is 0 Å². The van der Waals surface area contributed by atoms with E-state index in [0.717, 1.165) is 16.7 Å². The SMILES string of the molecule is C=Cc1ccccc1C[C@@H](NS(=O)(=O)c1ccccc1)c1ccccc1. The average molecular weight is 363 g/mol. The highest BCUT2D eigenvalue weighted by Crippen LogP contribution is 2.23. The molecule has 0 spiro atoms. The minimum Gasteiger partial charge on any atom is -0.207 e. The van der Waals surface area contributed by atoms with Crippen molar-refractivity contribution >= 4 is 16.1 Å². The monoisotopic (exact) mass is 363 g/mol. The Kier molecular flexibility index (Phi) is 5.66. The third-order valence-electron chi connectivity index (χ3n) is 4.25. The van der Waals surface area contributed by atoms with Crippen molar-refractivity contribution in [2.45, 2.75) is 17.4 Å². The largest absolute Gasteiger partial charge is 0.241 e. The van der Waals surface area contributed by atoms with Crippen molar-refractivity contribution in [3.8, 4) is 0 Å². The van der Waals surface area contributed by atoms with E-state index in [1.54, 1.807) is 36.4 Å². The van der Waals surface area contributed by atoms with E-state index in [0.29, 0.717) is 6.42 Å². The van der Waals surface area contributed by atoms with Crippen LogP contribution in [0.15, 0.2) is 96.4 Å². The normalized spacial score (nSPS) is 12.5. The lowest BCUT2D eigenvalue weighted by molar-refractivity contribution is 0.554. The molecule has 1 N–H and O–H groups in total. The first-order chi connectivity index (χ1) is 12.6. The molecule has 132 valence electrons. The first-order valence-electron chi connectivity index (χ1n) is 8.43. The summed E-state index contributed by atoms with van der Waals surface area (Å²) >= 11 is 0. The molecule has 0 fully saturated rings. The van der Waals surface area contributed by atoms with Gasteiger partial charge in [0.05, 0.1) is 10.9 Å². The summed E-state index contributed by atoms with van der Waals surface area (Å²) in [5, 5.41) is 0. The molecule has 0 heterocycles. The van der Waals surface area contributed by atoms with E-state index in [4.69, 9.17) is 0 Å². The van der Waals surface area contributed by atoms with E-state index in [2.05, 4.69) is 11.3 Å². The van der Waals surface area contributed by atoms with Crippen molar-refractivity contribution in [2.75, 3.05) is 0 Å². The average Bonchev–Trinajstić information content (AvgIpc) is 2.69. The van der Waals surface area contributed by atoms with Gasteiger partial charge in [-0.1, -0.05) is 85.5 Å². The Hall–Kier alpha value is -2.69. The van der Waals surface area contributed by atoms with Crippen molar-refractivity contribution in [1.29, 1.82) is 0 Å². The Balaban J connectivity index is 1.96. The van der Waals surface area contributed by atoms with Crippen LogP contribution in [0.4, 0.5) is 0 Å². The van der Waals surface area contributed by atoms with Gasteiger partial charge in [0.1, 0.15) is 0 Å². The van der Waals surface area contributed by atoms with E-state index in [-0.39, 0.29) is 10.9 Å². The minimum absolute atomic E-state index is 0.262. The van der Waals surface area contributed by atoms with Crippen molar-refractivity contribution in [3.63, 3.8) is 0 Å². The van der Waals surface area contributed by atoms with Crippen LogP contribution < -0.4 is 4.72 Å². The zero-order valence-electron chi connectivity index (χ0n) is 14.4. The van der Waals surface area contributed by atoms with E-state index >= 15 is 0 Å². The van der Waals surface area contributed by atoms with Gasteiger partial charge in [-0.3, -0.25) is 0 Å². The summed E-state index contributed by atoms with van der Waals surface area (Å²) in [6.07, 6.45) is 2.33. The summed E-state index contributed by atoms with van der Waals surface area (Å²) in [5.74, 6) is 0. The quantitative estimate of drug-likeness (QED) is 0.667. The van der Waals surface area contributed by atoms with Crippen LogP contribution in [0.25, 0.3) is 6.08 Å². The third kappa shape index (κ3) is 4.28. The van der Waals surface area contributed by atoms with Gasteiger partial charge in [-0.15, -0.1) is 0 Å². The predicted molar refractivity (Wildman–Crippen MR) is 106 cm³/mol. The van der Waals surface area contributed by atoms with Crippen LogP contribution in [0.5, 0.6) is 0 Å². The van der Waals surface area contributed by atoms with Gasteiger partial charge in [0.25, 0.3) is 0 Å². The van der Waals surface area contributed by atoms with Gasteiger partial charge in [-0.2, -0.15) is 0 Å². The zero-order chi connectivity index (χ0) is 18.4. The smallest absolute Gasteiger partial charge is 0.207 e. The van der Waals surface area contributed by atoms with Crippen LogP contribution in [0.2, 0.25) is 0 Å². The number of sulfonamides is 1. The van der Waals surface area contributed by atoms with Crippen LogP contribution in [-0.2, 0) is 16.4 Å². The lowest BCUT2D eigenvalue weighted by atomic mass is 9.96. The molecule has 0 unspecified atom stereocenters. The molecule has 3 rings (SSSR count). The van der Waals surface area contributed by atoms with Crippen LogP contribution >= 0.6 is 0 Å². The predicted octanol–water partition coefficient (Wildman–Crippen LogP) is 4.59. The Morgan fingerprint density at radius 2 is 1.42 bits per heavy atom. The maximum Gasteiger partial charge on any atom is 0.241 e. The van der Waals surface area contributed by atoms with Crippen molar-refractivity contribution in [1.82, 2.24) is 4.72 Å². The van der Waals surface area contributed by atoms with Crippen molar-refractivity contribution in [2.24, 2.45) is 0 Å². The number of hydrogen-bond donors (Lipinski definition) is 1. The minimum atomic E-state index is -3.62. The highest BCUT2D eigenvalue weighted by atomic mass is 32.2. The lowest BCUT2D eigenvalue weighted by Gasteiger charge is -2.20. The van der Waals surface area contributed by atoms with Gasteiger partial charge in [0, 0.05) is 0 Å². The van der Waals surface area contributed by atoms with Gasteiger partial charge in [-0.05, 0) is 35.2 Å². The molecule has 1 atom stereocenters. The Bertz CT molecular complexity index is 967. The molecule has 0 saturated heterocycles. The molecule has 0 aliphatic carbocycles. The molecular weight excluding hydrogens is 342 g/mol. The molecule has 0 amide bonds. The maximum atomic E-state index is 12.8. The fourth-order valence-corrected chi connectivity index (χ4v) is 4.15. The number of hydrogen-bond acceptors (Lipinski definition) is 2. The molecule has 4 heteroatoms. The lowest BCUT2D eigenvalue weighted by Crippen LogP contribution is -2.30.